The molecular formula is C29H27N3O2. The molecule has 0 spiro atoms. The number of nitrogens with zero attached hydrogens (tertiary/aromatic N) is 3. The third kappa shape index (κ3) is 3.88. The number of ether oxygens (including phenoxy) is 1. The summed E-state index contributed by atoms with van der Waals surface area (Å²) in [6.07, 6.45) is 0.612. The SMILES string of the molecule is COCC(=O)N1N=C(c2c(C)nc3ccccc3c2-c2ccccc2)C[C@@H]1c1ccccc1C. The number of carbonyl (C=O) groups excluding carboxylic acids is 1. The van der Waals surface area contributed by atoms with Crippen molar-refractivity contribution in [3.63, 3.8) is 0 Å². The van der Waals surface area contributed by atoms with Crippen molar-refractivity contribution in [1.29, 1.82) is 0 Å². The lowest BCUT2D eigenvalue weighted by atomic mass is 9.88. The molecule has 5 heteroatoms. The van der Waals surface area contributed by atoms with Crippen LogP contribution in [0.15, 0.2) is 84.0 Å². The maximum atomic E-state index is 13.0. The molecule has 170 valence electrons. The lowest BCUT2D eigenvalue weighted by Gasteiger charge is -2.23. The molecular weight excluding hydrogens is 422 g/mol. The molecule has 0 N–H and O–H groups in total. The summed E-state index contributed by atoms with van der Waals surface area (Å²) in [6, 6.07) is 26.5. The van der Waals surface area contributed by atoms with Crippen molar-refractivity contribution in [3.8, 4) is 11.1 Å². The molecule has 0 saturated heterocycles. The minimum Gasteiger partial charge on any atom is -0.375 e. The van der Waals surface area contributed by atoms with Crippen molar-refractivity contribution in [2.75, 3.05) is 13.7 Å². The van der Waals surface area contributed by atoms with Crippen molar-refractivity contribution in [1.82, 2.24) is 9.99 Å². The van der Waals surface area contributed by atoms with E-state index in [1.807, 2.05) is 55.5 Å². The molecule has 5 nitrogen and oxygen atoms in total. The molecule has 0 aliphatic carbocycles. The number of aromatic nitrogens is 1. The highest BCUT2D eigenvalue weighted by Crippen LogP contribution is 2.39. The van der Waals surface area contributed by atoms with Gasteiger partial charge >= 0.3 is 0 Å². The van der Waals surface area contributed by atoms with Gasteiger partial charge in [0, 0.05) is 35.7 Å². The van der Waals surface area contributed by atoms with Gasteiger partial charge in [0.25, 0.3) is 5.91 Å². The zero-order chi connectivity index (χ0) is 23.7. The van der Waals surface area contributed by atoms with Crippen LogP contribution in [-0.2, 0) is 9.53 Å². The minimum atomic E-state index is -0.187. The Balaban J connectivity index is 1.72. The number of hydrazone groups is 1. The van der Waals surface area contributed by atoms with Crippen LogP contribution in [0, 0.1) is 13.8 Å². The fourth-order valence-corrected chi connectivity index (χ4v) is 4.88. The van der Waals surface area contributed by atoms with E-state index >= 15 is 0 Å². The molecule has 0 bridgehead atoms. The van der Waals surface area contributed by atoms with E-state index < -0.39 is 0 Å². The van der Waals surface area contributed by atoms with Gasteiger partial charge in [-0.1, -0.05) is 72.8 Å². The van der Waals surface area contributed by atoms with Crippen LogP contribution < -0.4 is 0 Å². The minimum absolute atomic E-state index is 0.0142. The number of fused-ring (bicyclic) bond motifs is 1. The first-order valence-corrected chi connectivity index (χ1v) is 11.5. The molecule has 4 aromatic rings. The van der Waals surface area contributed by atoms with E-state index in [1.165, 1.54) is 7.11 Å². The Bertz CT molecular complexity index is 1400. The van der Waals surface area contributed by atoms with Gasteiger partial charge in [0.05, 0.1) is 17.3 Å². The number of carbonyl (C=O) groups is 1. The number of amides is 1. The largest absolute Gasteiger partial charge is 0.375 e. The second-order valence-corrected chi connectivity index (χ2v) is 8.62. The van der Waals surface area contributed by atoms with E-state index in [4.69, 9.17) is 14.8 Å². The molecule has 1 aromatic heterocycles. The average Bonchev–Trinajstić information content (AvgIpc) is 3.29. The van der Waals surface area contributed by atoms with E-state index in [0.717, 1.165) is 50.1 Å². The van der Waals surface area contributed by atoms with Crippen molar-refractivity contribution in [2.24, 2.45) is 5.10 Å². The molecule has 5 rings (SSSR count). The van der Waals surface area contributed by atoms with Crippen molar-refractivity contribution in [3.05, 3.63) is 101 Å². The normalized spacial score (nSPS) is 15.6. The number of pyridine rings is 1. The van der Waals surface area contributed by atoms with Crippen LogP contribution >= 0.6 is 0 Å². The molecule has 0 unspecified atom stereocenters. The topological polar surface area (TPSA) is 54.8 Å². The van der Waals surface area contributed by atoms with Crippen LogP contribution in [0.25, 0.3) is 22.0 Å². The molecule has 1 atom stereocenters. The van der Waals surface area contributed by atoms with Crippen molar-refractivity contribution in [2.45, 2.75) is 26.3 Å². The van der Waals surface area contributed by atoms with Gasteiger partial charge in [-0.15, -0.1) is 0 Å². The fraction of sp³-hybridized carbons (Fsp3) is 0.207. The highest BCUT2D eigenvalue weighted by molar-refractivity contribution is 6.14. The molecule has 1 amide bonds. The van der Waals surface area contributed by atoms with Gasteiger partial charge in [-0.25, -0.2) is 5.01 Å². The van der Waals surface area contributed by atoms with E-state index in [2.05, 4.69) is 37.3 Å². The van der Waals surface area contributed by atoms with E-state index in [0.29, 0.717) is 6.42 Å². The summed E-state index contributed by atoms with van der Waals surface area (Å²) in [5.74, 6) is -0.154. The summed E-state index contributed by atoms with van der Waals surface area (Å²) < 4.78 is 5.17. The second kappa shape index (κ2) is 9.20. The standard InChI is InChI=1S/C29H27N3O2/c1-19-11-7-8-14-22(19)26-17-25(31-32(26)27(33)18-34-3)28-20(2)30-24-16-10-9-15-23(24)29(28)21-12-5-4-6-13-21/h4-16,26H,17-18H2,1-3H3/t26-/m1/s1. The average molecular weight is 450 g/mol. The van der Waals surface area contributed by atoms with Gasteiger partial charge < -0.3 is 4.74 Å². The molecule has 3 aromatic carbocycles. The Labute approximate surface area is 199 Å². The monoisotopic (exact) mass is 449 g/mol. The van der Waals surface area contributed by atoms with Crippen LogP contribution in [0.3, 0.4) is 0 Å². The Kier molecular flexibility index (Phi) is 5.95. The van der Waals surface area contributed by atoms with Crippen LogP contribution in [-0.4, -0.2) is 35.3 Å². The third-order valence-corrected chi connectivity index (χ3v) is 6.41. The fourth-order valence-electron chi connectivity index (χ4n) is 4.88. The Morgan fingerprint density at radius 1 is 0.941 bits per heavy atom. The lowest BCUT2D eigenvalue weighted by Crippen LogP contribution is -2.30. The summed E-state index contributed by atoms with van der Waals surface area (Å²) in [7, 11) is 1.53. The number of hydrogen-bond acceptors (Lipinski definition) is 4. The van der Waals surface area contributed by atoms with Crippen molar-refractivity contribution >= 4 is 22.5 Å². The Morgan fingerprint density at radius 3 is 2.41 bits per heavy atom. The molecule has 0 saturated carbocycles. The molecule has 34 heavy (non-hydrogen) atoms. The quantitative estimate of drug-likeness (QED) is 0.384. The first kappa shape index (κ1) is 22.0. The van der Waals surface area contributed by atoms with Crippen LogP contribution in [0.1, 0.15) is 34.8 Å². The number of para-hydroxylation sites is 1. The molecule has 2 heterocycles. The Morgan fingerprint density at radius 2 is 1.65 bits per heavy atom. The summed E-state index contributed by atoms with van der Waals surface area (Å²) >= 11 is 0. The van der Waals surface area contributed by atoms with Gasteiger partial charge in [-0.05, 0) is 36.6 Å². The highest BCUT2D eigenvalue weighted by Gasteiger charge is 2.35. The van der Waals surface area contributed by atoms with Gasteiger partial charge in [-0.3, -0.25) is 9.78 Å². The second-order valence-electron chi connectivity index (χ2n) is 8.62. The molecule has 1 aliphatic rings. The summed E-state index contributed by atoms with van der Waals surface area (Å²) in [6.45, 7) is 4.09. The maximum absolute atomic E-state index is 13.0. The van der Waals surface area contributed by atoms with Crippen molar-refractivity contribution < 1.29 is 9.53 Å². The van der Waals surface area contributed by atoms with E-state index in [9.17, 15) is 4.79 Å². The smallest absolute Gasteiger partial charge is 0.269 e. The number of hydrogen-bond donors (Lipinski definition) is 0. The van der Waals surface area contributed by atoms with Crippen LogP contribution in [0.4, 0.5) is 0 Å². The van der Waals surface area contributed by atoms with Gasteiger partial charge in [-0.2, -0.15) is 5.10 Å². The number of benzene rings is 3. The van der Waals surface area contributed by atoms with Crippen LogP contribution in [0.2, 0.25) is 0 Å². The van der Waals surface area contributed by atoms with Gasteiger partial charge in [0.1, 0.15) is 6.61 Å². The number of rotatable bonds is 5. The molecule has 0 radical (unpaired) electrons. The predicted molar refractivity (Wildman–Crippen MR) is 136 cm³/mol. The van der Waals surface area contributed by atoms with E-state index in [1.54, 1.807) is 5.01 Å². The zero-order valence-corrected chi connectivity index (χ0v) is 19.7. The predicted octanol–water partition coefficient (Wildman–Crippen LogP) is 5.84. The maximum Gasteiger partial charge on any atom is 0.269 e. The van der Waals surface area contributed by atoms with Gasteiger partial charge in [0.15, 0.2) is 0 Å². The molecule has 1 aliphatic heterocycles. The molecule has 0 fully saturated rings. The van der Waals surface area contributed by atoms with E-state index in [-0.39, 0.29) is 18.6 Å². The summed E-state index contributed by atoms with van der Waals surface area (Å²) in [5, 5.41) is 7.59. The Hall–Kier alpha value is -3.83. The first-order chi connectivity index (χ1) is 16.6. The van der Waals surface area contributed by atoms with Crippen LogP contribution in [0.5, 0.6) is 0 Å². The van der Waals surface area contributed by atoms with Gasteiger partial charge in [0.2, 0.25) is 0 Å². The highest BCUT2D eigenvalue weighted by atomic mass is 16.5. The summed E-state index contributed by atoms with van der Waals surface area (Å²) in [5.41, 5.74) is 8.16. The summed E-state index contributed by atoms with van der Waals surface area (Å²) in [4.78, 5) is 18.0. The lowest BCUT2D eigenvalue weighted by molar-refractivity contribution is -0.137. The number of methoxy groups -OCH3 is 1. The zero-order valence-electron chi connectivity index (χ0n) is 19.7. The first-order valence-electron chi connectivity index (χ1n) is 11.5. The third-order valence-electron chi connectivity index (χ3n) is 6.41. The number of aryl methyl sites for hydroxylation is 2.